The third-order valence-electron chi connectivity index (χ3n) is 4.06. The van der Waals surface area contributed by atoms with Crippen LogP contribution >= 0.6 is 0 Å². The van der Waals surface area contributed by atoms with Gasteiger partial charge in [0.25, 0.3) is 0 Å². The van der Waals surface area contributed by atoms with Crippen LogP contribution in [0.4, 0.5) is 5.69 Å². The zero-order chi connectivity index (χ0) is 13.9. The molecule has 1 amide bonds. The molecule has 1 fully saturated rings. The molecule has 4 nitrogen and oxygen atoms in total. The number of anilines is 1. The summed E-state index contributed by atoms with van der Waals surface area (Å²) in [5.74, 6) is -0.297. The molecular formula is C15H22N2O2. The molecule has 1 unspecified atom stereocenters. The van der Waals surface area contributed by atoms with E-state index in [1.165, 1.54) is 0 Å². The summed E-state index contributed by atoms with van der Waals surface area (Å²) < 4.78 is 0. The van der Waals surface area contributed by atoms with Gasteiger partial charge in [-0.2, -0.15) is 0 Å². The van der Waals surface area contributed by atoms with Crippen LogP contribution in [0.5, 0.6) is 0 Å². The van der Waals surface area contributed by atoms with Gasteiger partial charge in [0.2, 0.25) is 5.91 Å². The molecule has 0 radical (unpaired) electrons. The highest BCUT2D eigenvalue weighted by molar-refractivity contribution is 5.84. The van der Waals surface area contributed by atoms with Gasteiger partial charge in [0.05, 0.1) is 18.1 Å². The van der Waals surface area contributed by atoms with Gasteiger partial charge in [0.15, 0.2) is 0 Å². The molecule has 19 heavy (non-hydrogen) atoms. The molecule has 104 valence electrons. The van der Waals surface area contributed by atoms with Crippen LogP contribution < -0.4 is 11.1 Å². The van der Waals surface area contributed by atoms with Crippen LogP contribution in [-0.2, 0) is 4.79 Å². The van der Waals surface area contributed by atoms with Crippen LogP contribution in [0.25, 0.3) is 0 Å². The number of hydrogen-bond donors (Lipinski definition) is 3. The van der Waals surface area contributed by atoms with Crippen molar-refractivity contribution in [2.24, 2.45) is 0 Å². The van der Waals surface area contributed by atoms with Gasteiger partial charge in [-0.05, 0) is 37.5 Å². The minimum absolute atomic E-state index is 0.0163. The Balaban J connectivity index is 2.07. The van der Waals surface area contributed by atoms with Gasteiger partial charge in [0, 0.05) is 5.69 Å². The molecule has 0 saturated heterocycles. The van der Waals surface area contributed by atoms with Crippen LogP contribution in [0.15, 0.2) is 24.3 Å². The van der Waals surface area contributed by atoms with E-state index in [1.54, 1.807) is 6.07 Å². The lowest BCUT2D eigenvalue weighted by molar-refractivity contribution is -0.124. The minimum Gasteiger partial charge on any atom is -0.399 e. The number of aliphatic hydroxyl groups is 1. The number of hydrogen-bond acceptors (Lipinski definition) is 3. The zero-order valence-electron chi connectivity index (χ0n) is 11.4. The van der Waals surface area contributed by atoms with E-state index in [-0.39, 0.29) is 18.4 Å². The molecule has 0 aliphatic heterocycles. The Bertz CT molecular complexity index is 453. The largest absolute Gasteiger partial charge is 0.399 e. The zero-order valence-corrected chi connectivity index (χ0v) is 11.4. The number of nitrogens with one attached hydrogen (secondary N) is 1. The number of nitrogen functional groups attached to an aromatic ring is 1. The second kappa shape index (κ2) is 5.61. The van der Waals surface area contributed by atoms with Crippen molar-refractivity contribution in [1.29, 1.82) is 0 Å². The second-order valence-electron chi connectivity index (χ2n) is 5.53. The third kappa shape index (κ3) is 3.07. The summed E-state index contributed by atoms with van der Waals surface area (Å²) in [5.41, 5.74) is 6.90. The first-order chi connectivity index (χ1) is 9.06. The van der Waals surface area contributed by atoms with E-state index in [0.29, 0.717) is 5.69 Å². The van der Waals surface area contributed by atoms with E-state index < -0.39 is 5.54 Å². The van der Waals surface area contributed by atoms with Gasteiger partial charge in [-0.3, -0.25) is 4.79 Å². The fourth-order valence-corrected chi connectivity index (χ4v) is 2.72. The smallest absolute Gasteiger partial charge is 0.227 e. The maximum Gasteiger partial charge on any atom is 0.227 e. The Labute approximate surface area is 114 Å². The molecule has 0 bridgehead atoms. The number of rotatable bonds is 4. The molecule has 4 heteroatoms. The fourth-order valence-electron chi connectivity index (χ4n) is 2.72. The standard InChI is InChI=1S/C15H22N2O2/c1-11(12-5-4-6-13(16)9-12)14(19)17-15(10-18)7-2-3-8-15/h4-6,9,11,18H,2-3,7-8,10,16H2,1H3,(H,17,19). The Morgan fingerprint density at radius 2 is 2.16 bits per heavy atom. The van der Waals surface area contributed by atoms with Crippen molar-refractivity contribution in [1.82, 2.24) is 5.32 Å². The van der Waals surface area contributed by atoms with Crippen molar-refractivity contribution >= 4 is 11.6 Å². The topological polar surface area (TPSA) is 75.3 Å². The molecule has 1 aliphatic carbocycles. The summed E-state index contributed by atoms with van der Waals surface area (Å²) in [6.45, 7) is 1.88. The van der Waals surface area contributed by atoms with Gasteiger partial charge >= 0.3 is 0 Å². The van der Waals surface area contributed by atoms with Crippen LogP contribution in [0.2, 0.25) is 0 Å². The summed E-state index contributed by atoms with van der Waals surface area (Å²) in [4.78, 5) is 12.3. The fraction of sp³-hybridized carbons (Fsp3) is 0.533. The highest BCUT2D eigenvalue weighted by Crippen LogP contribution is 2.30. The van der Waals surface area contributed by atoms with Gasteiger partial charge in [-0.1, -0.05) is 25.0 Å². The number of carbonyl (C=O) groups excluding carboxylic acids is 1. The number of carbonyl (C=O) groups is 1. The van der Waals surface area contributed by atoms with E-state index in [0.717, 1.165) is 31.2 Å². The average molecular weight is 262 g/mol. The Hall–Kier alpha value is -1.55. The van der Waals surface area contributed by atoms with Crippen LogP contribution in [0.3, 0.4) is 0 Å². The van der Waals surface area contributed by atoms with Gasteiger partial charge in [-0.25, -0.2) is 0 Å². The van der Waals surface area contributed by atoms with Gasteiger partial charge in [0.1, 0.15) is 0 Å². The SMILES string of the molecule is CC(C(=O)NC1(CO)CCCC1)c1cccc(N)c1. The molecular weight excluding hydrogens is 240 g/mol. The molecule has 1 aromatic carbocycles. The Kier molecular flexibility index (Phi) is 4.10. The van der Waals surface area contributed by atoms with Crippen molar-refractivity contribution in [2.45, 2.75) is 44.1 Å². The van der Waals surface area contributed by atoms with Gasteiger partial charge in [-0.15, -0.1) is 0 Å². The quantitative estimate of drug-likeness (QED) is 0.724. The van der Waals surface area contributed by atoms with Crippen molar-refractivity contribution in [3.05, 3.63) is 29.8 Å². The van der Waals surface area contributed by atoms with Crippen molar-refractivity contribution in [2.75, 3.05) is 12.3 Å². The summed E-state index contributed by atoms with van der Waals surface area (Å²) in [5, 5.41) is 12.6. The van der Waals surface area contributed by atoms with E-state index in [2.05, 4.69) is 5.32 Å². The van der Waals surface area contributed by atoms with E-state index in [4.69, 9.17) is 5.73 Å². The van der Waals surface area contributed by atoms with Crippen LogP contribution in [0.1, 0.15) is 44.1 Å². The summed E-state index contributed by atoms with van der Waals surface area (Å²) >= 11 is 0. The first kappa shape index (κ1) is 13.9. The van der Waals surface area contributed by atoms with Crippen LogP contribution in [0, 0.1) is 0 Å². The normalized spacial score (nSPS) is 19.1. The first-order valence-corrected chi connectivity index (χ1v) is 6.85. The number of amides is 1. The van der Waals surface area contributed by atoms with Crippen molar-refractivity contribution < 1.29 is 9.90 Å². The number of nitrogens with two attached hydrogens (primary N) is 1. The third-order valence-corrected chi connectivity index (χ3v) is 4.06. The lowest BCUT2D eigenvalue weighted by Gasteiger charge is -2.29. The molecule has 0 heterocycles. The molecule has 1 aliphatic rings. The summed E-state index contributed by atoms with van der Waals surface area (Å²) in [6.07, 6.45) is 3.85. The molecule has 1 atom stereocenters. The molecule has 1 saturated carbocycles. The number of benzene rings is 1. The molecule has 0 aromatic heterocycles. The van der Waals surface area contributed by atoms with Crippen LogP contribution in [-0.4, -0.2) is 23.2 Å². The predicted octanol–water partition coefficient (Wildman–Crippen LogP) is 1.79. The Morgan fingerprint density at radius 3 is 2.74 bits per heavy atom. The second-order valence-corrected chi connectivity index (χ2v) is 5.53. The predicted molar refractivity (Wildman–Crippen MR) is 75.7 cm³/mol. The molecule has 0 spiro atoms. The van der Waals surface area contributed by atoms with E-state index in [1.807, 2.05) is 25.1 Å². The van der Waals surface area contributed by atoms with E-state index >= 15 is 0 Å². The maximum absolute atomic E-state index is 12.3. The Morgan fingerprint density at radius 1 is 1.47 bits per heavy atom. The highest BCUT2D eigenvalue weighted by Gasteiger charge is 2.35. The monoisotopic (exact) mass is 262 g/mol. The summed E-state index contributed by atoms with van der Waals surface area (Å²) in [7, 11) is 0. The molecule has 1 aromatic rings. The number of aliphatic hydroxyl groups excluding tert-OH is 1. The van der Waals surface area contributed by atoms with Gasteiger partial charge < -0.3 is 16.2 Å². The molecule has 4 N–H and O–H groups in total. The van der Waals surface area contributed by atoms with Crippen molar-refractivity contribution in [3.8, 4) is 0 Å². The molecule has 2 rings (SSSR count). The average Bonchev–Trinajstić information content (AvgIpc) is 2.87. The van der Waals surface area contributed by atoms with E-state index in [9.17, 15) is 9.90 Å². The summed E-state index contributed by atoms with van der Waals surface area (Å²) in [6, 6.07) is 7.39. The van der Waals surface area contributed by atoms with Crippen molar-refractivity contribution in [3.63, 3.8) is 0 Å². The first-order valence-electron chi connectivity index (χ1n) is 6.85. The highest BCUT2D eigenvalue weighted by atomic mass is 16.3. The maximum atomic E-state index is 12.3. The lowest BCUT2D eigenvalue weighted by atomic mass is 9.95. The minimum atomic E-state index is -0.411. The lowest BCUT2D eigenvalue weighted by Crippen LogP contribution is -2.50.